The zero-order chi connectivity index (χ0) is 34.8. The van der Waals surface area contributed by atoms with Crippen LogP contribution in [0.3, 0.4) is 0 Å². The number of unbranched alkanes of at least 4 members (excludes halogenated alkanes) is 14. The van der Waals surface area contributed by atoms with E-state index in [0.29, 0.717) is 0 Å². The Balaban J connectivity index is 0.000000333. The van der Waals surface area contributed by atoms with Crippen LogP contribution in [-0.4, -0.2) is 63.7 Å². The van der Waals surface area contributed by atoms with E-state index in [2.05, 4.69) is 13.8 Å². The Labute approximate surface area is 326 Å². The number of hydrogen-bond acceptors (Lipinski definition) is 6. The van der Waals surface area contributed by atoms with Crippen molar-refractivity contribution in [3.05, 3.63) is 83.9 Å². The first kappa shape index (κ1) is 43.6. The molecule has 0 aliphatic rings. The molecule has 0 fully saturated rings. The minimum absolute atomic E-state index is 0. The van der Waals surface area contributed by atoms with E-state index in [-0.39, 0.29) is 47.5 Å². The first-order valence-corrected chi connectivity index (χ1v) is 20.8. The average molecular weight is 735 g/mol. The Hall–Kier alpha value is -1.52. The van der Waals surface area contributed by atoms with Crippen molar-refractivity contribution in [2.24, 2.45) is 0 Å². The van der Waals surface area contributed by atoms with Gasteiger partial charge in [-0.2, -0.15) is 0 Å². The van der Waals surface area contributed by atoms with Gasteiger partial charge in [0.2, 0.25) is 0 Å². The number of hydrogen-bond donors (Lipinski definition) is 0. The molecule has 264 valence electrons. The molecule has 0 saturated heterocycles. The van der Waals surface area contributed by atoms with Gasteiger partial charge in [-0.05, 0) is 82.6 Å². The Morgan fingerprint density at radius 1 is 0.449 bits per heavy atom. The summed E-state index contributed by atoms with van der Waals surface area (Å²) in [5, 5.41) is 3.74. The van der Waals surface area contributed by atoms with Gasteiger partial charge in [-0.3, -0.25) is 0 Å². The van der Waals surface area contributed by atoms with Crippen molar-refractivity contribution in [1.82, 2.24) is 0 Å². The summed E-state index contributed by atoms with van der Waals surface area (Å²) < 4.78 is 67.4. The van der Waals surface area contributed by atoms with Crippen molar-refractivity contribution >= 4 is 79.5 Å². The van der Waals surface area contributed by atoms with Gasteiger partial charge in [-0.15, -0.1) is 0 Å². The van der Waals surface area contributed by atoms with Gasteiger partial charge in [0, 0.05) is 0 Å². The van der Waals surface area contributed by atoms with Gasteiger partial charge in [0.1, 0.15) is 20.2 Å². The van der Waals surface area contributed by atoms with Crippen LogP contribution in [0.2, 0.25) is 0 Å². The van der Waals surface area contributed by atoms with E-state index in [0.717, 1.165) is 58.4 Å². The van der Waals surface area contributed by atoms with E-state index >= 15 is 0 Å². The van der Waals surface area contributed by atoms with Crippen molar-refractivity contribution < 1.29 is 25.9 Å². The normalized spacial score (nSPS) is 11.7. The molecule has 9 heteroatoms. The van der Waals surface area contributed by atoms with Crippen LogP contribution in [-0.2, 0) is 33.1 Å². The number of rotatable bonds is 20. The fraction of sp³-hybridized carbons (Fsp3) is 0.500. The Kier molecular flexibility index (Phi) is 20.6. The second-order valence-corrected chi connectivity index (χ2v) is 15.7. The predicted molar refractivity (Wildman–Crippen MR) is 202 cm³/mol. The van der Waals surface area contributed by atoms with Gasteiger partial charge < -0.3 is 9.11 Å². The van der Waals surface area contributed by atoms with E-state index in [1.165, 1.54) is 114 Å². The van der Waals surface area contributed by atoms with Crippen molar-refractivity contribution in [1.29, 1.82) is 0 Å². The van der Waals surface area contributed by atoms with Gasteiger partial charge in [0.25, 0.3) is 0 Å². The van der Waals surface area contributed by atoms with Crippen LogP contribution in [0.15, 0.2) is 82.6 Å². The smallest absolute Gasteiger partial charge is 0.744 e. The maximum atomic E-state index is 11.2. The molecule has 0 saturated carbocycles. The maximum absolute atomic E-state index is 11.2. The Morgan fingerprint density at radius 3 is 1.10 bits per heavy atom. The minimum atomic E-state index is -4.40. The van der Waals surface area contributed by atoms with Crippen LogP contribution in [0.1, 0.15) is 128 Å². The van der Waals surface area contributed by atoms with Crippen molar-refractivity contribution in [2.75, 3.05) is 0 Å². The van der Waals surface area contributed by atoms with E-state index in [4.69, 9.17) is 0 Å². The minimum Gasteiger partial charge on any atom is -0.744 e. The van der Waals surface area contributed by atoms with Crippen molar-refractivity contribution in [3.63, 3.8) is 0 Å². The Bertz CT molecular complexity index is 1640. The van der Waals surface area contributed by atoms with Gasteiger partial charge >= 0.3 is 37.7 Å². The second-order valence-electron chi connectivity index (χ2n) is 13.0. The van der Waals surface area contributed by atoms with Gasteiger partial charge in [-0.1, -0.05) is 152 Å². The van der Waals surface area contributed by atoms with Gasteiger partial charge in [0.05, 0.1) is 9.79 Å². The summed E-state index contributed by atoms with van der Waals surface area (Å²) in [6, 6.07) is 21.2. The summed E-state index contributed by atoms with van der Waals surface area (Å²) >= 11 is 0. The molecule has 0 amide bonds. The molecule has 0 aromatic heterocycles. The summed E-state index contributed by atoms with van der Waals surface area (Å²) in [4.78, 5) is -0.281. The van der Waals surface area contributed by atoms with Gasteiger partial charge in [0.15, 0.2) is 0 Å². The molecule has 0 aliphatic heterocycles. The summed E-state index contributed by atoms with van der Waals surface area (Å²) in [5.74, 6) is 0. The molecule has 4 aromatic rings. The molecule has 0 heterocycles. The third kappa shape index (κ3) is 15.7. The number of fused-ring (bicyclic) bond motifs is 2. The quantitative estimate of drug-likeness (QED) is 0.0507. The molecule has 0 spiro atoms. The molecular weight excluding hydrogens is 681 g/mol. The van der Waals surface area contributed by atoms with E-state index in [1.54, 1.807) is 12.1 Å². The SMILES string of the molecule is CCCCCCCCCCc1cccc2ccc(S(=O)(=O)[O-])cc12.CCCCCCCCCCc1cccc2ccc(S(=O)(=O)[O-])cc12.[Ca+2]. The third-order valence-corrected chi connectivity index (χ3v) is 10.7. The molecule has 49 heavy (non-hydrogen) atoms. The number of aryl methyl sites for hydroxylation is 2. The van der Waals surface area contributed by atoms with Crippen LogP contribution in [0, 0.1) is 0 Å². The Morgan fingerprint density at radius 2 is 0.776 bits per heavy atom. The molecule has 0 unspecified atom stereocenters. The number of benzene rings is 4. The predicted octanol–water partition coefficient (Wildman–Crippen LogP) is 10.5. The van der Waals surface area contributed by atoms with Crippen LogP contribution < -0.4 is 0 Å². The molecule has 4 aromatic carbocycles. The topological polar surface area (TPSA) is 114 Å². The van der Waals surface area contributed by atoms with E-state index in [9.17, 15) is 25.9 Å². The molecule has 0 radical (unpaired) electrons. The summed E-state index contributed by atoms with van der Waals surface area (Å²) in [6.07, 6.45) is 22.1. The zero-order valence-corrected chi connectivity index (χ0v) is 33.5. The fourth-order valence-electron chi connectivity index (χ4n) is 6.28. The molecule has 0 atom stereocenters. The summed E-state index contributed by atoms with van der Waals surface area (Å²) in [6.45, 7) is 4.46. The summed E-state index contributed by atoms with van der Waals surface area (Å²) in [5.41, 5.74) is 2.26. The van der Waals surface area contributed by atoms with Crippen LogP contribution in [0.25, 0.3) is 21.5 Å². The van der Waals surface area contributed by atoms with E-state index < -0.39 is 20.2 Å². The van der Waals surface area contributed by atoms with Crippen molar-refractivity contribution in [2.45, 2.75) is 139 Å². The third-order valence-electron chi connectivity index (χ3n) is 9.06. The molecule has 4 rings (SSSR count). The molecule has 0 N–H and O–H groups in total. The standard InChI is InChI=1S/2C20H28O3S.Ca/c2*1-2-3-4-5-6-7-8-9-11-17-12-10-13-18-14-15-19(16-20(17)18)24(21,22)23;/h2*10,12-16H,2-9,11H2,1H3,(H,21,22,23);/q;;+2/p-2. The largest absolute Gasteiger partial charge is 2.00 e. The summed E-state index contributed by atoms with van der Waals surface area (Å²) in [7, 11) is -8.80. The molecule has 6 nitrogen and oxygen atoms in total. The molecular formula is C40H54CaO6S2. The second kappa shape index (κ2) is 23.1. The van der Waals surface area contributed by atoms with Crippen LogP contribution in [0.5, 0.6) is 0 Å². The van der Waals surface area contributed by atoms with Crippen molar-refractivity contribution in [3.8, 4) is 0 Å². The monoisotopic (exact) mass is 734 g/mol. The fourth-order valence-corrected chi connectivity index (χ4v) is 7.27. The average Bonchev–Trinajstić information content (AvgIpc) is 3.06. The van der Waals surface area contributed by atoms with E-state index in [1.807, 2.05) is 36.4 Å². The zero-order valence-electron chi connectivity index (χ0n) is 29.6. The van der Waals surface area contributed by atoms with Crippen LogP contribution in [0.4, 0.5) is 0 Å². The van der Waals surface area contributed by atoms with Gasteiger partial charge in [-0.25, -0.2) is 16.8 Å². The first-order chi connectivity index (χ1) is 23.0. The molecule has 0 bridgehead atoms. The first-order valence-electron chi connectivity index (χ1n) is 18.0. The maximum Gasteiger partial charge on any atom is 2.00 e. The molecule has 0 aliphatic carbocycles. The van der Waals surface area contributed by atoms with Crippen LogP contribution >= 0.6 is 0 Å².